The van der Waals surface area contributed by atoms with E-state index in [-0.39, 0.29) is 17.5 Å². The number of carbonyl (C=O) groups excluding carboxylic acids is 1. The fraction of sp³-hybridized carbons (Fsp3) is 0.667. The summed E-state index contributed by atoms with van der Waals surface area (Å²) in [6, 6.07) is 2.69. The van der Waals surface area contributed by atoms with E-state index in [0.717, 1.165) is 25.7 Å². The van der Waals surface area contributed by atoms with E-state index in [4.69, 9.17) is 5.26 Å². The maximum atomic E-state index is 11.7. The summed E-state index contributed by atoms with van der Waals surface area (Å²) in [6.07, 6.45) is 8.27. The highest BCUT2D eigenvalue weighted by molar-refractivity contribution is 5.97. The van der Waals surface area contributed by atoms with Gasteiger partial charge in [0, 0.05) is 18.3 Å². The molecule has 0 spiro atoms. The van der Waals surface area contributed by atoms with Crippen LogP contribution in [0, 0.1) is 11.3 Å². The molecule has 16 heavy (non-hydrogen) atoms. The number of rotatable bonds is 4. The summed E-state index contributed by atoms with van der Waals surface area (Å²) >= 11 is 0. The average molecular weight is 219 g/mol. The van der Waals surface area contributed by atoms with Gasteiger partial charge in [-0.1, -0.05) is 12.8 Å². The molecule has 0 aromatic rings. The first-order chi connectivity index (χ1) is 7.79. The molecule has 0 atom stereocenters. The summed E-state index contributed by atoms with van der Waals surface area (Å²) in [4.78, 5) is 11.7. The van der Waals surface area contributed by atoms with Gasteiger partial charge in [0.15, 0.2) is 0 Å². The molecule has 2 aliphatic carbocycles. The summed E-state index contributed by atoms with van der Waals surface area (Å²) in [7, 11) is 0. The Labute approximate surface area is 95.7 Å². The molecule has 0 heterocycles. The lowest BCUT2D eigenvalue weighted by Gasteiger charge is -2.10. The molecule has 4 nitrogen and oxygen atoms in total. The van der Waals surface area contributed by atoms with Gasteiger partial charge in [-0.15, -0.1) is 0 Å². The Kier molecular flexibility index (Phi) is 3.45. The Balaban J connectivity index is 1.84. The number of amides is 1. The Morgan fingerprint density at radius 3 is 2.44 bits per heavy atom. The van der Waals surface area contributed by atoms with Crippen LogP contribution in [0.5, 0.6) is 0 Å². The average Bonchev–Trinajstić information content (AvgIpc) is 2.96. The standard InChI is InChI=1S/C12H17N3O/c13-7-9(8-14-10-5-6-10)12(16)15-11-3-1-2-4-11/h8,10-11,14H,1-6H2,(H,15,16)/b9-8-. The fourth-order valence-corrected chi connectivity index (χ4v) is 1.93. The highest BCUT2D eigenvalue weighted by atomic mass is 16.1. The molecule has 0 bridgehead atoms. The summed E-state index contributed by atoms with van der Waals surface area (Å²) in [5.74, 6) is -0.234. The van der Waals surface area contributed by atoms with Gasteiger partial charge in [-0.05, 0) is 25.7 Å². The minimum Gasteiger partial charge on any atom is -0.387 e. The molecule has 2 fully saturated rings. The van der Waals surface area contributed by atoms with Gasteiger partial charge < -0.3 is 10.6 Å². The van der Waals surface area contributed by atoms with Crippen molar-refractivity contribution in [2.24, 2.45) is 0 Å². The van der Waals surface area contributed by atoms with Crippen LogP contribution in [0.2, 0.25) is 0 Å². The Hall–Kier alpha value is -1.50. The second-order valence-corrected chi connectivity index (χ2v) is 4.57. The lowest BCUT2D eigenvalue weighted by Crippen LogP contribution is -2.34. The molecule has 2 saturated carbocycles. The highest BCUT2D eigenvalue weighted by Gasteiger charge is 2.22. The van der Waals surface area contributed by atoms with Crippen LogP contribution in [0.3, 0.4) is 0 Å². The van der Waals surface area contributed by atoms with Gasteiger partial charge in [0.05, 0.1) is 0 Å². The Morgan fingerprint density at radius 1 is 1.19 bits per heavy atom. The monoisotopic (exact) mass is 219 g/mol. The molecule has 0 aromatic heterocycles. The zero-order valence-corrected chi connectivity index (χ0v) is 9.33. The van der Waals surface area contributed by atoms with Crippen molar-refractivity contribution in [1.29, 1.82) is 5.26 Å². The van der Waals surface area contributed by atoms with Gasteiger partial charge in [0.2, 0.25) is 0 Å². The predicted molar refractivity (Wildman–Crippen MR) is 60.3 cm³/mol. The van der Waals surface area contributed by atoms with E-state index in [1.54, 1.807) is 6.20 Å². The van der Waals surface area contributed by atoms with Crippen LogP contribution in [0.25, 0.3) is 0 Å². The molecule has 2 aliphatic rings. The van der Waals surface area contributed by atoms with E-state index in [1.165, 1.54) is 12.8 Å². The van der Waals surface area contributed by atoms with Crippen molar-refractivity contribution in [3.63, 3.8) is 0 Å². The Bertz CT molecular complexity index is 333. The van der Waals surface area contributed by atoms with Gasteiger partial charge in [-0.3, -0.25) is 4.79 Å². The molecule has 0 aliphatic heterocycles. The second-order valence-electron chi connectivity index (χ2n) is 4.57. The third kappa shape index (κ3) is 2.99. The van der Waals surface area contributed by atoms with Crippen molar-refractivity contribution < 1.29 is 4.79 Å². The van der Waals surface area contributed by atoms with Crippen LogP contribution < -0.4 is 10.6 Å². The van der Waals surface area contributed by atoms with Crippen molar-refractivity contribution in [1.82, 2.24) is 10.6 Å². The largest absolute Gasteiger partial charge is 0.387 e. The molecule has 1 amide bonds. The van der Waals surface area contributed by atoms with Crippen molar-refractivity contribution in [2.75, 3.05) is 0 Å². The normalized spacial score (nSPS) is 21.6. The first kappa shape index (κ1) is 11.0. The number of nitriles is 1. The molecule has 0 unspecified atom stereocenters. The minimum absolute atomic E-state index is 0.193. The molecule has 86 valence electrons. The van der Waals surface area contributed by atoms with E-state index in [1.807, 2.05) is 6.07 Å². The second kappa shape index (κ2) is 5.02. The van der Waals surface area contributed by atoms with Crippen LogP contribution in [-0.2, 0) is 4.79 Å². The van der Waals surface area contributed by atoms with Gasteiger partial charge >= 0.3 is 0 Å². The minimum atomic E-state index is -0.234. The van der Waals surface area contributed by atoms with Crippen LogP contribution >= 0.6 is 0 Å². The number of hydrogen-bond donors (Lipinski definition) is 2. The van der Waals surface area contributed by atoms with Crippen LogP contribution in [0.15, 0.2) is 11.8 Å². The van der Waals surface area contributed by atoms with Gasteiger partial charge in [0.1, 0.15) is 11.6 Å². The smallest absolute Gasteiger partial charge is 0.263 e. The van der Waals surface area contributed by atoms with Gasteiger partial charge in [-0.25, -0.2) is 0 Å². The number of nitrogens with one attached hydrogen (secondary N) is 2. The van der Waals surface area contributed by atoms with Crippen molar-refractivity contribution >= 4 is 5.91 Å². The van der Waals surface area contributed by atoms with Gasteiger partial charge in [-0.2, -0.15) is 5.26 Å². The van der Waals surface area contributed by atoms with E-state index < -0.39 is 0 Å². The lowest BCUT2D eigenvalue weighted by atomic mass is 10.2. The molecule has 2 N–H and O–H groups in total. The molecule has 2 rings (SSSR count). The van der Waals surface area contributed by atoms with Crippen molar-refractivity contribution in [2.45, 2.75) is 50.6 Å². The Morgan fingerprint density at radius 2 is 1.88 bits per heavy atom. The van der Waals surface area contributed by atoms with Crippen LogP contribution in [0.1, 0.15) is 38.5 Å². The number of hydrogen-bond acceptors (Lipinski definition) is 3. The highest BCUT2D eigenvalue weighted by Crippen LogP contribution is 2.19. The van der Waals surface area contributed by atoms with E-state index in [2.05, 4.69) is 10.6 Å². The zero-order valence-electron chi connectivity index (χ0n) is 9.33. The summed E-state index contributed by atoms with van der Waals surface area (Å²) in [5, 5.41) is 14.9. The molecule has 4 heteroatoms. The van der Waals surface area contributed by atoms with Crippen LogP contribution in [-0.4, -0.2) is 18.0 Å². The number of nitrogens with zero attached hydrogens (tertiary/aromatic N) is 1. The van der Waals surface area contributed by atoms with Gasteiger partial charge in [0.25, 0.3) is 5.91 Å². The summed E-state index contributed by atoms with van der Waals surface area (Å²) in [5.41, 5.74) is 0.193. The summed E-state index contributed by atoms with van der Waals surface area (Å²) < 4.78 is 0. The molecular weight excluding hydrogens is 202 g/mol. The van der Waals surface area contributed by atoms with Crippen molar-refractivity contribution in [3.8, 4) is 6.07 Å². The SMILES string of the molecule is N#C/C(=C/NC1CC1)C(=O)NC1CCCC1. The van der Waals surface area contributed by atoms with Crippen LogP contribution in [0.4, 0.5) is 0 Å². The van der Waals surface area contributed by atoms with E-state index >= 15 is 0 Å². The summed E-state index contributed by atoms with van der Waals surface area (Å²) in [6.45, 7) is 0. The maximum absolute atomic E-state index is 11.7. The maximum Gasteiger partial charge on any atom is 0.263 e. The molecular formula is C12H17N3O. The molecule has 0 saturated heterocycles. The van der Waals surface area contributed by atoms with E-state index in [0.29, 0.717) is 6.04 Å². The third-order valence-electron chi connectivity index (χ3n) is 3.10. The third-order valence-corrected chi connectivity index (χ3v) is 3.10. The first-order valence-corrected chi connectivity index (χ1v) is 5.97. The fourth-order valence-electron chi connectivity index (χ4n) is 1.93. The van der Waals surface area contributed by atoms with E-state index in [9.17, 15) is 4.79 Å². The topological polar surface area (TPSA) is 64.9 Å². The number of carbonyl (C=O) groups is 1. The molecule has 0 aromatic carbocycles. The molecule has 0 radical (unpaired) electrons. The predicted octanol–water partition coefficient (Wildman–Crippen LogP) is 1.20. The zero-order chi connectivity index (χ0) is 11.4. The lowest BCUT2D eigenvalue weighted by molar-refractivity contribution is -0.117. The first-order valence-electron chi connectivity index (χ1n) is 5.97. The quantitative estimate of drug-likeness (QED) is 0.551. The van der Waals surface area contributed by atoms with Crippen molar-refractivity contribution in [3.05, 3.63) is 11.8 Å².